The lowest BCUT2D eigenvalue weighted by Gasteiger charge is -2.31. The first-order valence-corrected chi connectivity index (χ1v) is 10.7. The van der Waals surface area contributed by atoms with Gasteiger partial charge in [0.05, 0.1) is 0 Å². The van der Waals surface area contributed by atoms with Gasteiger partial charge in [-0.15, -0.1) is 4.52 Å². The third kappa shape index (κ3) is 4.55. The van der Waals surface area contributed by atoms with Gasteiger partial charge in [-0.2, -0.15) is 0 Å². The van der Waals surface area contributed by atoms with Crippen LogP contribution >= 0.6 is 8.25 Å². The highest BCUT2D eigenvalue weighted by Gasteiger charge is 2.57. The van der Waals surface area contributed by atoms with Crippen LogP contribution in [-0.4, -0.2) is 47.7 Å². The van der Waals surface area contributed by atoms with Crippen LogP contribution < -0.4 is 10.3 Å². The number of nitrogens with zero attached hydrogens (tertiary/aromatic N) is 1. The quantitative estimate of drug-likeness (QED) is 0.651. The summed E-state index contributed by atoms with van der Waals surface area (Å²) in [6, 6.07) is 8.77. The van der Waals surface area contributed by atoms with Crippen molar-refractivity contribution in [1.29, 1.82) is 0 Å². The Morgan fingerprint density at radius 1 is 1.27 bits per heavy atom. The molecule has 0 saturated carbocycles. The van der Waals surface area contributed by atoms with E-state index >= 15 is 0 Å². The van der Waals surface area contributed by atoms with Crippen LogP contribution in [0.15, 0.2) is 54.4 Å². The molecule has 30 heavy (non-hydrogen) atoms. The van der Waals surface area contributed by atoms with Crippen LogP contribution in [0.2, 0.25) is 0 Å². The van der Waals surface area contributed by atoms with E-state index < -0.39 is 44.5 Å². The normalized spacial score (nSPS) is 30.0. The summed E-state index contributed by atoms with van der Waals surface area (Å²) < 4.78 is 41.0. The minimum absolute atomic E-state index is 0.0108. The molecule has 0 aliphatic carbocycles. The third-order valence-corrected chi connectivity index (χ3v) is 5.64. The van der Waals surface area contributed by atoms with Crippen molar-refractivity contribution in [2.45, 2.75) is 50.6 Å². The Bertz CT molecular complexity index is 873. The number of hydrogen-bond acceptors (Lipinski definition) is 8. The molecule has 5 atom stereocenters. The summed E-state index contributed by atoms with van der Waals surface area (Å²) in [5, 5.41) is 0. The summed E-state index contributed by atoms with van der Waals surface area (Å²) in [5.74, 6) is -0.850. The van der Waals surface area contributed by atoms with Crippen molar-refractivity contribution in [3.05, 3.63) is 54.4 Å². The van der Waals surface area contributed by atoms with Crippen molar-refractivity contribution in [2.75, 3.05) is 6.61 Å². The van der Waals surface area contributed by atoms with E-state index in [9.17, 15) is 9.36 Å². The number of carbonyl (C=O) groups is 1. The van der Waals surface area contributed by atoms with Crippen LogP contribution in [0.1, 0.15) is 20.3 Å². The van der Waals surface area contributed by atoms with Crippen molar-refractivity contribution in [3.63, 3.8) is 0 Å². The fraction of sp³-hybridized carbons (Fsp3) is 0.450. The van der Waals surface area contributed by atoms with E-state index in [0.29, 0.717) is 17.7 Å². The molecule has 1 amide bonds. The lowest BCUT2D eigenvalue weighted by atomic mass is 10.1. The number of allylic oxidation sites excluding steroid dienone is 1. The van der Waals surface area contributed by atoms with Crippen LogP contribution in [0.4, 0.5) is 0 Å². The van der Waals surface area contributed by atoms with E-state index in [0.717, 1.165) is 0 Å². The Morgan fingerprint density at radius 3 is 2.73 bits per heavy atom. The molecule has 160 valence electrons. The summed E-state index contributed by atoms with van der Waals surface area (Å²) in [6.45, 7) is 3.62. The van der Waals surface area contributed by atoms with Crippen LogP contribution in [-0.2, 0) is 28.1 Å². The average molecular weight is 435 g/mol. The molecular formula is C20H24N2O7P+. The van der Waals surface area contributed by atoms with Gasteiger partial charge in [-0.3, -0.25) is 4.79 Å². The summed E-state index contributed by atoms with van der Waals surface area (Å²) in [4.78, 5) is 13.3. The molecule has 0 spiro atoms. The van der Waals surface area contributed by atoms with Gasteiger partial charge in [0.1, 0.15) is 24.9 Å². The van der Waals surface area contributed by atoms with Crippen molar-refractivity contribution < 1.29 is 32.6 Å². The standard InChI is InChI=1S/C20H23N2O7P/c1-20(2)27-16-15(12-25-30(24)29-14-8-4-3-5-9-14)26-19(17(16)28-20)22-10-6-7-13(11-22)18(21)23/h3-6,8-11,15-17,19H,7,12H2,1-2H3,(H-,21,23)/p+1/t15?,16-,17-,19-/m1/s1. The first-order valence-electron chi connectivity index (χ1n) is 9.61. The fourth-order valence-corrected chi connectivity index (χ4v) is 4.28. The van der Waals surface area contributed by atoms with E-state index in [1.165, 1.54) is 0 Å². The molecule has 3 heterocycles. The number of benzene rings is 1. The van der Waals surface area contributed by atoms with Crippen molar-refractivity contribution in [3.8, 4) is 5.75 Å². The molecule has 4 rings (SSSR count). The van der Waals surface area contributed by atoms with Crippen LogP contribution in [0, 0.1) is 0 Å². The maximum atomic E-state index is 12.2. The molecule has 0 aromatic heterocycles. The van der Waals surface area contributed by atoms with Gasteiger partial charge in [0.25, 0.3) is 0 Å². The zero-order valence-electron chi connectivity index (χ0n) is 16.7. The van der Waals surface area contributed by atoms with Gasteiger partial charge in [0, 0.05) is 22.5 Å². The number of fused-ring (bicyclic) bond motifs is 1. The number of primary amides is 1. The summed E-state index contributed by atoms with van der Waals surface area (Å²) in [6.07, 6.45) is 3.78. The Hall–Kier alpha value is -2.29. The van der Waals surface area contributed by atoms with E-state index in [1.54, 1.807) is 35.4 Å². The monoisotopic (exact) mass is 435 g/mol. The lowest BCUT2D eigenvalue weighted by molar-refractivity contribution is -0.201. The number of ether oxygens (including phenoxy) is 3. The minimum atomic E-state index is -2.39. The van der Waals surface area contributed by atoms with Crippen LogP contribution in [0.25, 0.3) is 0 Å². The Balaban J connectivity index is 1.44. The second-order valence-corrected chi connectivity index (χ2v) is 8.50. The van der Waals surface area contributed by atoms with Crippen LogP contribution in [0.5, 0.6) is 5.75 Å². The largest absolute Gasteiger partial charge is 0.750 e. The van der Waals surface area contributed by atoms with Gasteiger partial charge in [-0.1, -0.05) is 24.3 Å². The van der Waals surface area contributed by atoms with Gasteiger partial charge in [-0.05, 0) is 32.4 Å². The molecule has 0 bridgehead atoms. The molecular weight excluding hydrogens is 411 g/mol. The number of amides is 1. The zero-order valence-corrected chi connectivity index (χ0v) is 17.6. The lowest BCUT2D eigenvalue weighted by Crippen LogP contribution is -2.40. The Labute approximate surface area is 175 Å². The Morgan fingerprint density at radius 2 is 2.00 bits per heavy atom. The SMILES string of the molecule is CC1(C)O[C@@H]2[C@H](O1)C(CO[P+](=O)Oc1ccccc1)O[C@H]2N1C=CCC(C(N)=O)=C1. The first kappa shape index (κ1) is 21.0. The van der Waals surface area contributed by atoms with Crippen LogP contribution in [0.3, 0.4) is 0 Å². The second-order valence-electron chi connectivity index (χ2n) is 7.61. The highest BCUT2D eigenvalue weighted by Crippen LogP contribution is 2.41. The average Bonchev–Trinajstić information content (AvgIpc) is 3.20. The van der Waals surface area contributed by atoms with Gasteiger partial charge in [-0.25, -0.2) is 4.52 Å². The third-order valence-electron chi connectivity index (χ3n) is 4.92. The second kappa shape index (κ2) is 8.45. The molecule has 1 aromatic carbocycles. The number of carbonyl (C=O) groups excluding carboxylic acids is 1. The summed E-state index contributed by atoms with van der Waals surface area (Å²) >= 11 is 0. The first-order chi connectivity index (χ1) is 14.3. The minimum Gasteiger partial charge on any atom is -0.366 e. The number of nitrogens with two attached hydrogens (primary N) is 1. The molecule has 2 fully saturated rings. The number of para-hydroxylation sites is 1. The highest BCUT2D eigenvalue weighted by molar-refractivity contribution is 7.33. The molecule has 10 heteroatoms. The van der Waals surface area contributed by atoms with E-state index in [1.807, 2.05) is 32.2 Å². The molecule has 0 radical (unpaired) electrons. The van der Waals surface area contributed by atoms with E-state index in [-0.39, 0.29) is 6.61 Å². The zero-order chi connectivity index (χ0) is 21.3. The van der Waals surface area contributed by atoms with Crippen molar-refractivity contribution >= 4 is 14.2 Å². The molecule has 2 saturated heterocycles. The predicted molar refractivity (Wildman–Crippen MR) is 106 cm³/mol. The molecule has 3 aliphatic rings. The summed E-state index contributed by atoms with van der Waals surface area (Å²) in [5.41, 5.74) is 5.89. The molecule has 2 N–H and O–H groups in total. The molecule has 3 aliphatic heterocycles. The number of rotatable bonds is 7. The van der Waals surface area contributed by atoms with Gasteiger partial charge < -0.3 is 24.8 Å². The van der Waals surface area contributed by atoms with Crippen molar-refractivity contribution in [2.24, 2.45) is 5.73 Å². The molecule has 2 unspecified atom stereocenters. The predicted octanol–water partition coefficient (Wildman–Crippen LogP) is 2.57. The summed E-state index contributed by atoms with van der Waals surface area (Å²) in [7, 11) is -2.39. The van der Waals surface area contributed by atoms with Crippen molar-refractivity contribution in [1.82, 2.24) is 4.90 Å². The van der Waals surface area contributed by atoms with E-state index in [2.05, 4.69) is 0 Å². The van der Waals surface area contributed by atoms with Gasteiger partial charge >= 0.3 is 8.25 Å². The smallest absolute Gasteiger partial charge is 0.366 e. The van der Waals surface area contributed by atoms with E-state index in [4.69, 9.17) is 29.0 Å². The highest BCUT2D eigenvalue weighted by atomic mass is 31.1. The maximum absolute atomic E-state index is 12.2. The fourth-order valence-electron chi connectivity index (χ4n) is 3.66. The molecule has 1 aromatic rings. The van der Waals surface area contributed by atoms with Gasteiger partial charge in [0.2, 0.25) is 5.91 Å². The maximum Gasteiger partial charge on any atom is 0.750 e. The number of hydrogen-bond donors (Lipinski definition) is 1. The molecule has 9 nitrogen and oxygen atoms in total. The van der Waals surface area contributed by atoms with Gasteiger partial charge in [0.15, 0.2) is 17.8 Å². The Kier molecular flexibility index (Phi) is 5.90. The topological polar surface area (TPSA) is 110 Å².